The lowest BCUT2D eigenvalue weighted by Gasteiger charge is -2.32. The van der Waals surface area contributed by atoms with E-state index in [0.29, 0.717) is 61.3 Å². The Morgan fingerprint density at radius 2 is 0.652 bits per heavy atom. The highest BCUT2D eigenvalue weighted by Gasteiger charge is 2.42. The highest BCUT2D eigenvalue weighted by Crippen LogP contribution is 2.53. The summed E-state index contributed by atoms with van der Waals surface area (Å²) in [4.78, 5) is 108. The Labute approximate surface area is 802 Å². The fourth-order valence-electron chi connectivity index (χ4n) is 20.1. The van der Waals surface area contributed by atoms with Crippen molar-refractivity contribution in [3.8, 4) is 23.5 Å². The summed E-state index contributed by atoms with van der Waals surface area (Å²) in [6.45, 7) is 13.7. The minimum atomic E-state index is -3.19. The number of aromatic nitrogens is 10. The normalized spacial score (nSPS) is 25.1. The molecule has 4 N–H and O–H groups in total. The molecule has 10 aromatic heterocycles. The van der Waals surface area contributed by atoms with Crippen molar-refractivity contribution in [2.45, 2.75) is 312 Å². The highest BCUT2D eigenvalue weighted by molar-refractivity contribution is 8.13. The molecule has 0 bridgehead atoms. The van der Waals surface area contributed by atoms with E-state index in [0.717, 1.165) is 251 Å². The van der Waals surface area contributed by atoms with E-state index in [-0.39, 0.29) is 96.6 Å². The van der Waals surface area contributed by atoms with E-state index >= 15 is 0 Å². The number of nitrogens with zero attached hydrogens (tertiary/aromatic N) is 12. The number of thiophene rings is 5. The van der Waals surface area contributed by atoms with Gasteiger partial charge in [0.25, 0.3) is 0 Å². The monoisotopic (exact) mass is 1970 g/mol. The van der Waals surface area contributed by atoms with Crippen LogP contribution in [0.5, 0.6) is 23.5 Å². The predicted octanol–water partition coefficient (Wildman–Crippen LogP) is 18.4. The molecule has 718 valence electrons. The number of halogens is 2. The standard InChI is InChI=1S/C20H27N3O3S.C19H24N2O3S.C18H23N3O3S.C18H25N3O2S.C12H11ClN2O2S.C7H14O.CH3ClO2S/c1-4-25-20(24)14-9-10-15-16(14)17-18(21-11-22-19(17)27-15)26-13-7-5-12(6-8-13)23(2)3;1-3-23-19(22)13-8-9-14-15(13)16-17(20-10-21-18(16)25-14)24-12-6-4-11(2)5-7-12;1-2-23-18(22)12-7-8-13-14(12)15-16(20-9-21-17(15)25-13)24-11-5-3-10(19)4-6-11;1-21(2)12-4-6-13(7-5-12)23-17-16-15-11(9-22)3-8-14(15)24-18(16)20-10-19-17;1-2-17-12(16)6-3-4-7-8(6)9-10(13)14-5-15-11(9)18-7;1-6-2-4-7(8)5-3-6;1-5(2,3)4/h11-14H,4-10H2,1-3H3;10-13H,3-9H2,1-2H3;9-12H,2-8,19H2,1H3;10-13,22H,3-9H2,1-2H3;5-6H,2-4H2,1H3;6-8H,2-5H2,1H3;1H3. The zero-order valence-corrected chi connectivity index (χ0v) is 84.0. The van der Waals surface area contributed by atoms with E-state index in [4.69, 9.17) is 60.3 Å². The second kappa shape index (κ2) is 46.6. The van der Waals surface area contributed by atoms with Crippen molar-refractivity contribution in [2.75, 3.05) is 67.5 Å². The molecule has 0 radical (unpaired) electrons. The Balaban J connectivity index is 0.000000129. The van der Waals surface area contributed by atoms with E-state index in [9.17, 15) is 32.7 Å². The van der Waals surface area contributed by atoms with Gasteiger partial charge in [-0.15, -0.1) is 56.7 Å². The number of esters is 4. The summed E-state index contributed by atoms with van der Waals surface area (Å²) < 4.78 is 65.0. The fraction of sp³-hybridized carbons (Fsp3) is 0.642. The molecule has 0 aromatic carbocycles. The number of nitrogens with two attached hydrogens (primary N) is 1. The molecule has 0 aliphatic heterocycles. The van der Waals surface area contributed by atoms with Crippen molar-refractivity contribution >= 4 is 163 Å². The Hall–Kier alpha value is -7.39. The van der Waals surface area contributed by atoms with Gasteiger partial charge in [0.15, 0.2) is 0 Å². The molecule has 5 fully saturated rings. The molecule has 0 spiro atoms. The summed E-state index contributed by atoms with van der Waals surface area (Å²) in [5, 5.41) is 23.8. The molecule has 10 heterocycles. The summed E-state index contributed by atoms with van der Waals surface area (Å²) in [6, 6.07) is 1.58. The van der Waals surface area contributed by atoms with Crippen LogP contribution in [0.3, 0.4) is 0 Å². The molecule has 10 aliphatic carbocycles. The van der Waals surface area contributed by atoms with Crippen LogP contribution in [0.1, 0.15) is 284 Å². The van der Waals surface area contributed by atoms with Gasteiger partial charge in [-0.3, -0.25) is 19.2 Å². The number of hydrogen-bond donors (Lipinski definition) is 3. The number of carbonyl (C=O) groups is 4. The first-order chi connectivity index (χ1) is 63.6. The van der Waals surface area contributed by atoms with Crippen LogP contribution in [0.2, 0.25) is 5.15 Å². The van der Waals surface area contributed by atoms with E-state index in [1.54, 1.807) is 82.0 Å². The molecule has 20 rings (SSSR count). The molecule has 5 saturated carbocycles. The van der Waals surface area contributed by atoms with Gasteiger partial charge in [-0.1, -0.05) is 25.4 Å². The molecule has 132 heavy (non-hydrogen) atoms. The van der Waals surface area contributed by atoms with Crippen LogP contribution in [0.4, 0.5) is 0 Å². The Morgan fingerprint density at radius 1 is 0.394 bits per heavy atom. The number of rotatable bonds is 19. The highest BCUT2D eigenvalue weighted by atomic mass is 35.7. The Bertz CT molecular complexity index is 5550. The second-order valence-corrected chi connectivity index (χ2v) is 45.4. The maximum atomic E-state index is 12.4. The molecule has 10 aromatic rings. The maximum absolute atomic E-state index is 12.4. The van der Waals surface area contributed by atoms with Gasteiger partial charge in [0.2, 0.25) is 32.6 Å². The van der Waals surface area contributed by atoms with Crippen molar-refractivity contribution in [2.24, 2.45) is 17.6 Å². The third kappa shape index (κ3) is 24.6. The first kappa shape index (κ1) is 101. The van der Waals surface area contributed by atoms with E-state index in [1.807, 2.05) is 27.7 Å². The van der Waals surface area contributed by atoms with Crippen LogP contribution in [0.25, 0.3) is 51.1 Å². The van der Waals surface area contributed by atoms with E-state index in [2.05, 4.69) is 112 Å². The lowest BCUT2D eigenvalue weighted by molar-refractivity contribution is -0.145. The summed E-state index contributed by atoms with van der Waals surface area (Å²) in [6.07, 6.45) is 40.0. The SMILES string of the molecule is CC1CCC(O)CC1.CCOC(=O)C1CCc2sc3ncnc(Cl)c3c21.CCOC(=O)C1CCc2sc3ncnc(OC4CCC(C)CC4)c3c21.CCOC(=O)C1CCc2sc3ncnc(OC4CCC(N(C)C)CC4)c3c21.CCOC(=O)C1CCc2sc3ncnc(OC4CCC(N)CC4)c3c21.CN(C)C1CCC(Oc2ncnc3sc4c(c23)C(CO)CC4)CC1.CS(=O)(=O)Cl. The first-order valence-electron chi connectivity index (χ1n) is 47.2. The number of aliphatic hydroxyl groups excluding tert-OH is 2. The van der Waals surface area contributed by atoms with E-state index in [1.165, 1.54) is 74.8 Å². The number of fused-ring (bicyclic) bond motifs is 15. The van der Waals surface area contributed by atoms with Gasteiger partial charge in [-0.05, 0) is 288 Å². The van der Waals surface area contributed by atoms with Crippen molar-refractivity contribution < 1.29 is 75.7 Å². The topological polar surface area (TPSA) is 378 Å². The minimum Gasteiger partial charge on any atom is -0.474 e. The number of carbonyl (C=O) groups excluding carboxylic acids is 4. The van der Waals surface area contributed by atoms with Crippen LogP contribution in [0, 0.1) is 11.8 Å². The van der Waals surface area contributed by atoms with Gasteiger partial charge in [-0.2, -0.15) is 0 Å². The van der Waals surface area contributed by atoms with E-state index < -0.39 is 9.05 Å². The zero-order chi connectivity index (χ0) is 93.6. The van der Waals surface area contributed by atoms with Crippen molar-refractivity contribution in [1.29, 1.82) is 0 Å². The van der Waals surface area contributed by atoms with Gasteiger partial charge < -0.3 is 63.6 Å². The molecule has 10 aliphatic rings. The summed E-state index contributed by atoms with van der Waals surface area (Å²) in [7, 11) is 9.91. The summed E-state index contributed by atoms with van der Waals surface area (Å²) in [5.41, 5.74) is 11.3. The molecule has 5 unspecified atom stereocenters. The smallest absolute Gasteiger partial charge is 0.313 e. The first-order valence-corrected chi connectivity index (χ1v) is 54.3. The molecule has 0 amide bonds. The summed E-state index contributed by atoms with van der Waals surface area (Å²) >= 11 is 14.4. The maximum Gasteiger partial charge on any atom is 0.313 e. The van der Waals surface area contributed by atoms with Crippen molar-refractivity contribution in [3.63, 3.8) is 0 Å². The third-order valence-corrected chi connectivity index (χ3v) is 33.2. The number of aryl methyl sites for hydroxylation is 5. The third-order valence-electron chi connectivity index (χ3n) is 27.0. The minimum absolute atomic E-state index is 0.0196. The fourth-order valence-corrected chi connectivity index (χ4v) is 26.4. The number of hydrogen-bond acceptors (Lipinski definition) is 34. The average molecular weight is 1970 g/mol. The Morgan fingerprint density at radius 3 is 0.947 bits per heavy atom. The second-order valence-electron chi connectivity index (χ2n) is 36.5. The van der Waals surface area contributed by atoms with Crippen LogP contribution in [-0.4, -0.2) is 218 Å². The number of aliphatic hydroxyl groups is 2. The quantitative estimate of drug-likeness (QED) is 0.0293. The lowest BCUT2D eigenvalue weighted by atomic mass is 9.89. The number of ether oxygens (including phenoxy) is 8. The molecular formula is C95H127Cl2N13O16S6. The van der Waals surface area contributed by atoms with Crippen LogP contribution in [0.15, 0.2) is 31.6 Å². The van der Waals surface area contributed by atoms with Crippen molar-refractivity contribution in [1.82, 2.24) is 59.6 Å². The Kier molecular flexibility index (Phi) is 35.5. The van der Waals surface area contributed by atoms with Gasteiger partial charge in [0.05, 0.1) is 96.0 Å². The average Bonchev–Trinajstić information content (AvgIpc) is 1.53. The molecule has 37 heteroatoms. The molecular weight excluding hydrogens is 1840 g/mol. The molecule has 29 nitrogen and oxygen atoms in total. The van der Waals surface area contributed by atoms with Gasteiger partial charge in [0.1, 0.15) is 85.4 Å². The summed E-state index contributed by atoms with van der Waals surface area (Å²) in [5.74, 6) is 3.03. The largest absolute Gasteiger partial charge is 0.474 e. The molecule has 5 atom stereocenters. The van der Waals surface area contributed by atoms with Gasteiger partial charge >= 0.3 is 23.9 Å². The van der Waals surface area contributed by atoms with Crippen LogP contribution < -0.4 is 24.7 Å². The van der Waals surface area contributed by atoms with Gasteiger partial charge in [-0.25, -0.2) is 58.3 Å². The van der Waals surface area contributed by atoms with Crippen LogP contribution >= 0.6 is 79.0 Å². The van der Waals surface area contributed by atoms with Crippen molar-refractivity contribution in [3.05, 3.63) is 89.0 Å². The lowest BCUT2D eigenvalue weighted by Crippen LogP contribution is -2.35. The predicted molar refractivity (Wildman–Crippen MR) is 519 cm³/mol. The molecule has 0 saturated heterocycles. The zero-order valence-electron chi connectivity index (χ0n) is 77.6. The van der Waals surface area contributed by atoms with Gasteiger partial charge in [0, 0.05) is 59.1 Å². The van der Waals surface area contributed by atoms with Crippen LogP contribution in [-0.2, 0) is 79.3 Å².